The number of hydrogen-bond donors (Lipinski definition) is 1. The first-order valence-corrected chi connectivity index (χ1v) is 11.5. The zero-order chi connectivity index (χ0) is 26.2. The molecule has 0 radical (unpaired) electrons. The number of benzene rings is 2. The van der Waals surface area contributed by atoms with Gasteiger partial charge >= 0.3 is 6.18 Å². The molecule has 5 rings (SSSR count). The first kappa shape index (κ1) is 24.3. The summed E-state index contributed by atoms with van der Waals surface area (Å²) in [6, 6.07) is 14.0. The Hall–Kier alpha value is -4.41. The molecule has 0 atom stereocenters. The average Bonchev–Trinajstić information content (AvgIpc) is 2.91. The third-order valence-corrected chi connectivity index (χ3v) is 6.23. The van der Waals surface area contributed by atoms with Gasteiger partial charge in [0.25, 0.3) is 11.5 Å². The standard InChI is InChI=1S/C26H22F3N5O3/c1-37-34-24(36)20-15-33(23(35)18-12-17-4-2-3-5-21(17)30-14-18)11-10-22(20)32-25(34)31-13-16-6-8-19(9-7-16)26(27,28)29/h2-9,12,14H,10-11,13,15H2,1H3,(H,31,32). The van der Waals surface area contributed by atoms with E-state index in [1.165, 1.54) is 25.4 Å². The molecule has 0 bridgehead atoms. The van der Waals surface area contributed by atoms with Crippen molar-refractivity contribution in [1.29, 1.82) is 0 Å². The summed E-state index contributed by atoms with van der Waals surface area (Å²) in [5.41, 5.74) is 1.46. The van der Waals surface area contributed by atoms with Gasteiger partial charge in [-0.1, -0.05) is 30.3 Å². The molecule has 0 saturated carbocycles. The van der Waals surface area contributed by atoms with Crippen LogP contribution in [0.25, 0.3) is 10.9 Å². The highest BCUT2D eigenvalue weighted by Gasteiger charge is 2.30. The molecule has 0 aliphatic carbocycles. The molecular formula is C26H22F3N5O3. The largest absolute Gasteiger partial charge is 0.416 e. The van der Waals surface area contributed by atoms with Crippen LogP contribution in [0.2, 0.25) is 0 Å². The topological polar surface area (TPSA) is 89.4 Å². The fourth-order valence-corrected chi connectivity index (χ4v) is 4.28. The van der Waals surface area contributed by atoms with Crippen molar-refractivity contribution in [2.45, 2.75) is 25.7 Å². The lowest BCUT2D eigenvalue weighted by molar-refractivity contribution is -0.137. The molecule has 1 N–H and O–H groups in total. The number of carbonyl (C=O) groups excluding carboxylic acids is 1. The van der Waals surface area contributed by atoms with E-state index in [1.807, 2.05) is 24.3 Å². The Morgan fingerprint density at radius 2 is 1.89 bits per heavy atom. The van der Waals surface area contributed by atoms with Gasteiger partial charge in [-0.2, -0.15) is 13.2 Å². The van der Waals surface area contributed by atoms with Crippen LogP contribution < -0.4 is 15.7 Å². The van der Waals surface area contributed by atoms with Gasteiger partial charge in [-0.15, -0.1) is 4.73 Å². The van der Waals surface area contributed by atoms with Crippen molar-refractivity contribution in [3.63, 3.8) is 0 Å². The van der Waals surface area contributed by atoms with Gasteiger partial charge in [-0.25, -0.2) is 4.98 Å². The number of nitrogens with one attached hydrogen (secondary N) is 1. The quantitative estimate of drug-likeness (QED) is 0.442. The number of para-hydroxylation sites is 1. The molecule has 1 aliphatic rings. The van der Waals surface area contributed by atoms with Crippen LogP contribution in [-0.4, -0.2) is 39.2 Å². The van der Waals surface area contributed by atoms with Crippen molar-refractivity contribution < 1.29 is 22.8 Å². The maximum atomic E-state index is 13.2. The molecule has 190 valence electrons. The lowest BCUT2D eigenvalue weighted by atomic mass is 10.1. The summed E-state index contributed by atoms with van der Waals surface area (Å²) in [7, 11) is 1.31. The number of carbonyl (C=O) groups is 1. The predicted molar refractivity (Wildman–Crippen MR) is 130 cm³/mol. The van der Waals surface area contributed by atoms with Crippen LogP contribution in [0.1, 0.15) is 32.7 Å². The number of fused-ring (bicyclic) bond motifs is 2. The van der Waals surface area contributed by atoms with Gasteiger partial charge in [0.2, 0.25) is 5.95 Å². The first-order chi connectivity index (χ1) is 17.7. The summed E-state index contributed by atoms with van der Waals surface area (Å²) < 4.78 is 39.4. The minimum Gasteiger partial charge on any atom is -0.411 e. The maximum absolute atomic E-state index is 13.2. The predicted octanol–water partition coefficient (Wildman–Crippen LogP) is 3.68. The summed E-state index contributed by atoms with van der Waals surface area (Å²) in [6.07, 6.45) is -2.53. The van der Waals surface area contributed by atoms with Gasteiger partial charge in [0.1, 0.15) is 7.11 Å². The summed E-state index contributed by atoms with van der Waals surface area (Å²) >= 11 is 0. The Balaban J connectivity index is 1.35. The molecule has 0 spiro atoms. The molecule has 1 aliphatic heterocycles. The number of rotatable bonds is 5. The van der Waals surface area contributed by atoms with E-state index in [9.17, 15) is 22.8 Å². The van der Waals surface area contributed by atoms with E-state index in [0.717, 1.165) is 27.8 Å². The van der Waals surface area contributed by atoms with Gasteiger partial charge in [0.05, 0.1) is 34.4 Å². The second-order valence-corrected chi connectivity index (χ2v) is 8.58. The highest BCUT2D eigenvalue weighted by Crippen LogP contribution is 2.29. The summed E-state index contributed by atoms with van der Waals surface area (Å²) in [6.45, 7) is 0.558. The second-order valence-electron chi connectivity index (χ2n) is 8.58. The van der Waals surface area contributed by atoms with Crippen LogP contribution in [0.15, 0.2) is 65.6 Å². The van der Waals surface area contributed by atoms with Crippen LogP contribution >= 0.6 is 0 Å². The van der Waals surface area contributed by atoms with Crippen LogP contribution in [0.5, 0.6) is 0 Å². The van der Waals surface area contributed by atoms with E-state index in [0.29, 0.717) is 35.3 Å². The van der Waals surface area contributed by atoms with Crippen LogP contribution in [0.3, 0.4) is 0 Å². The molecule has 0 unspecified atom stereocenters. The molecule has 1 amide bonds. The minimum atomic E-state index is -4.41. The molecule has 8 nitrogen and oxygen atoms in total. The SMILES string of the molecule is COn1c(NCc2ccc(C(F)(F)F)cc2)nc2c(c1=O)CN(C(=O)c1cnc3ccccc3c1)CC2. The van der Waals surface area contributed by atoms with Crippen molar-refractivity contribution in [2.75, 3.05) is 19.0 Å². The van der Waals surface area contributed by atoms with Crippen LogP contribution in [0.4, 0.5) is 19.1 Å². The Labute approximate surface area is 209 Å². The maximum Gasteiger partial charge on any atom is 0.416 e. The number of aromatic nitrogens is 3. The van der Waals surface area contributed by atoms with Crippen molar-refractivity contribution in [3.8, 4) is 0 Å². The molecule has 3 heterocycles. The molecular weight excluding hydrogens is 487 g/mol. The first-order valence-electron chi connectivity index (χ1n) is 11.5. The van der Waals surface area contributed by atoms with Crippen molar-refractivity contribution in [1.82, 2.24) is 19.6 Å². The molecule has 2 aromatic heterocycles. The monoisotopic (exact) mass is 509 g/mol. The normalized spacial score (nSPS) is 13.4. The Kier molecular flexibility index (Phi) is 6.28. The highest BCUT2D eigenvalue weighted by atomic mass is 19.4. The number of nitrogens with zero attached hydrogens (tertiary/aromatic N) is 4. The van der Waals surface area contributed by atoms with E-state index in [-0.39, 0.29) is 24.9 Å². The number of pyridine rings is 1. The van der Waals surface area contributed by atoms with Crippen molar-refractivity contribution in [2.24, 2.45) is 0 Å². The zero-order valence-corrected chi connectivity index (χ0v) is 19.7. The van der Waals surface area contributed by atoms with Crippen LogP contribution in [-0.2, 0) is 25.7 Å². The van der Waals surface area contributed by atoms with Gasteiger partial charge < -0.3 is 15.1 Å². The lowest BCUT2D eigenvalue weighted by Crippen LogP contribution is -2.42. The number of halogens is 3. The van der Waals surface area contributed by atoms with Gasteiger partial charge in [-0.3, -0.25) is 14.6 Å². The molecule has 4 aromatic rings. The number of amides is 1. The zero-order valence-electron chi connectivity index (χ0n) is 19.7. The van der Waals surface area contributed by atoms with E-state index >= 15 is 0 Å². The van der Waals surface area contributed by atoms with Crippen molar-refractivity contribution in [3.05, 3.63) is 99.1 Å². The summed E-state index contributed by atoms with van der Waals surface area (Å²) in [5.74, 6) is -0.110. The molecule has 37 heavy (non-hydrogen) atoms. The second kappa shape index (κ2) is 9.57. The summed E-state index contributed by atoms with van der Waals surface area (Å²) in [4.78, 5) is 42.1. The number of anilines is 1. The lowest BCUT2D eigenvalue weighted by Gasteiger charge is -2.28. The van der Waals surface area contributed by atoms with Gasteiger partial charge in [-0.05, 0) is 29.8 Å². The van der Waals surface area contributed by atoms with E-state index in [4.69, 9.17) is 4.84 Å². The van der Waals surface area contributed by atoms with Gasteiger partial charge in [0, 0.05) is 31.1 Å². The average molecular weight is 509 g/mol. The van der Waals surface area contributed by atoms with E-state index in [1.54, 1.807) is 11.0 Å². The molecule has 0 saturated heterocycles. The molecule has 11 heteroatoms. The summed E-state index contributed by atoms with van der Waals surface area (Å²) in [5, 5.41) is 3.81. The third kappa shape index (κ3) is 4.84. The third-order valence-electron chi connectivity index (χ3n) is 6.23. The van der Waals surface area contributed by atoms with Gasteiger partial charge in [0.15, 0.2) is 0 Å². The fourth-order valence-electron chi connectivity index (χ4n) is 4.28. The molecule has 2 aromatic carbocycles. The number of alkyl halides is 3. The van der Waals surface area contributed by atoms with Crippen molar-refractivity contribution >= 4 is 22.8 Å². The van der Waals surface area contributed by atoms with E-state index < -0.39 is 17.3 Å². The smallest absolute Gasteiger partial charge is 0.411 e. The number of hydrogen-bond acceptors (Lipinski definition) is 6. The van der Waals surface area contributed by atoms with E-state index in [2.05, 4.69) is 15.3 Å². The Morgan fingerprint density at radius 3 is 2.62 bits per heavy atom. The fraction of sp³-hybridized carbons (Fsp3) is 0.231. The Morgan fingerprint density at radius 1 is 1.14 bits per heavy atom. The van der Waals surface area contributed by atoms with Crippen LogP contribution in [0, 0.1) is 0 Å². The Bertz CT molecular complexity index is 1530. The molecule has 0 fully saturated rings. The highest BCUT2D eigenvalue weighted by molar-refractivity contribution is 5.97. The minimum absolute atomic E-state index is 0.0649.